The van der Waals surface area contributed by atoms with Crippen molar-refractivity contribution in [1.82, 2.24) is 20.2 Å². The van der Waals surface area contributed by atoms with Gasteiger partial charge in [-0.2, -0.15) is 5.10 Å². The Hall–Kier alpha value is -3.77. The Kier molecular flexibility index (Phi) is 5.75. The van der Waals surface area contributed by atoms with Crippen LogP contribution in [-0.4, -0.2) is 61.1 Å². The number of nitrogens with zero attached hydrogens (tertiary/aromatic N) is 4. The zero-order chi connectivity index (χ0) is 23.7. The van der Waals surface area contributed by atoms with Gasteiger partial charge in [0.1, 0.15) is 16.9 Å². The van der Waals surface area contributed by atoms with Gasteiger partial charge in [-0.05, 0) is 30.3 Å². The van der Waals surface area contributed by atoms with E-state index in [1.807, 2.05) is 4.90 Å². The summed E-state index contributed by atoms with van der Waals surface area (Å²) in [6.45, 7) is 2.42. The first kappa shape index (κ1) is 22.0. The van der Waals surface area contributed by atoms with E-state index >= 15 is 0 Å². The van der Waals surface area contributed by atoms with Gasteiger partial charge in [-0.15, -0.1) is 0 Å². The first-order valence-electron chi connectivity index (χ1n) is 10.5. The molecule has 34 heavy (non-hydrogen) atoms. The third-order valence-electron chi connectivity index (χ3n) is 5.29. The highest BCUT2D eigenvalue weighted by molar-refractivity contribution is 7.92. The van der Waals surface area contributed by atoms with Gasteiger partial charge in [-0.3, -0.25) is 9.82 Å². The molecule has 0 bridgehead atoms. The second kappa shape index (κ2) is 8.88. The Balaban J connectivity index is 1.47. The molecule has 0 atom stereocenters. The number of halogens is 1. The number of anilines is 4. The Bertz CT molecular complexity index is 1450. The van der Waals surface area contributed by atoms with Crippen LogP contribution >= 0.6 is 0 Å². The van der Waals surface area contributed by atoms with E-state index in [0.717, 1.165) is 6.26 Å². The Labute approximate surface area is 195 Å². The van der Waals surface area contributed by atoms with Crippen molar-refractivity contribution in [2.75, 3.05) is 47.5 Å². The fourth-order valence-electron chi connectivity index (χ4n) is 3.78. The molecule has 3 heterocycles. The van der Waals surface area contributed by atoms with Crippen molar-refractivity contribution >= 4 is 43.9 Å². The lowest BCUT2D eigenvalue weighted by molar-refractivity contribution is 0.122. The largest absolute Gasteiger partial charge is 0.378 e. The molecule has 1 saturated heterocycles. The van der Waals surface area contributed by atoms with Crippen LogP contribution in [0.5, 0.6) is 0 Å². The van der Waals surface area contributed by atoms with Crippen molar-refractivity contribution in [1.29, 1.82) is 0 Å². The van der Waals surface area contributed by atoms with Crippen LogP contribution in [0, 0.1) is 5.82 Å². The van der Waals surface area contributed by atoms with Crippen molar-refractivity contribution in [3.8, 4) is 11.4 Å². The van der Waals surface area contributed by atoms with Crippen LogP contribution in [0.4, 0.5) is 27.3 Å². The molecule has 4 aromatic rings. The molecule has 0 aliphatic carbocycles. The number of fused-ring (bicyclic) bond motifs is 1. The van der Waals surface area contributed by atoms with Gasteiger partial charge in [0.15, 0.2) is 11.6 Å². The number of hydrogen-bond acceptors (Lipinski definition) is 8. The Morgan fingerprint density at radius 2 is 1.91 bits per heavy atom. The van der Waals surface area contributed by atoms with Crippen LogP contribution in [0.15, 0.2) is 48.7 Å². The maximum absolute atomic E-state index is 14.9. The van der Waals surface area contributed by atoms with Crippen LogP contribution < -0.4 is 14.9 Å². The SMILES string of the molecule is CS(=O)(=O)Nc1cccc(-c2nc(Nc3ccc(N4CCOCC4)c(F)c3)c3[nH]ncc3n2)c1. The predicted octanol–water partition coefficient (Wildman–Crippen LogP) is 3.11. The molecule has 1 aliphatic heterocycles. The molecule has 5 rings (SSSR count). The standard InChI is InChI=1S/C22H22FN7O3S/c1-34(31,32)29-16-4-2-3-14(11-16)21-26-18-13-24-28-20(18)22(27-21)25-15-5-6-19(17(23)12-15)30-7-9-33-10-8-30/h2-6,11-13,29H,7-10H2,1H3,(H,24,28)(H,25,26,27). The highest BCUT2D eigenvalue weighted by Gasteiger charge is 2.17. The maximum atomic E-state index is 14.9. The van der Waals surface area contributed by atoms with Crippen LogP contribution in [0.25, 0.3) is 22.4 Å². The van der Waals surface area contributed by atoms with E-state index in [1.165, 1.54) is 6.07 Å². The van der Waals surface area contributed by atoms with Gasteiger partial charge in [0.2, 0.25) is 10.0 Å². The third-order valence-corrected chi connectivity index (χ3v) is 5.89. The molecule has 1 aliphatic rings. The van der Waals surface area contributed by atoms with E-state index in [0.29, 0.717) is 71.6 Å². The quantitative estimate of drug-likeness (QED) is 0.382. The maximum Gasteiger partial charge on any atom is 0.229 e. The third kappa shape index (κ3) is 4.77. The summed E-state index contributed by atoms with van der Waals surface area (Å²) in [5.74, 6) is 0.429. The van der Waals surface area contributed by atoms with Gasteiger partial charge in [0.25, 0.3) is 0 Å². The minimum absolute atomic E-state index is 0.346. The number of benzene rings is 2. The Morgan fingerprint density at radius 3 is 2.68 bits per heavy atom. The summed E-state index contributed by atoms with van der Waals surface area (Å²) in [6.07, 6.45) is 2.64. The van der Waals surface area contributed by atoms with Crippen LogP contribution in [-0.2, 0) is 14.8 Å². The molecule has 3 N–H and O–H groups in total. The van der Waals surface area contributed by atoms with Crippen molar-refractivity contribution < 1.29 is 17.5 Å². The molecule has 0 radical (unpaired) electrons. The minimum atomic E-state index is -3.43. The number of sulfonamides is 1. The number of rotatable bonds is 6. The van der Waals surface area contributed by atoms with E-state index < -0.39 is 10.0 Å². The van der Waals surface area contributed by atoms with Crippen LogP contribution in [0.2, 0.25) is 0 Å². The minimum Gasteiger partial charge on any atom is -0.378 e. The number of H-pyrrole nitrogens is 1. The molecule has 0 amide bonds. The molecule has 10 nitrogen and oxygen atoms in total. The van der Waals surface area contributed by atoms with Crippen molar-refractivity contribution in [2.24, 2.45) is 0 Å². The average molecular weight is 484 g/mol. The topological polar surface area (TPSA) is 125 Å². The van der Waals surface area contributed by atoms with Crippen molar-refractivity contribution in [3.05, 3.63) is 54.5 Å². The number of ether oxygens (including phenoxy) is 1. The highest BCUT2D eigenvalue weighted by atomic mass is 32.2. The van der Waals surface area contributed by atoms with Gasteiger partial charge >= 0.3 is 0 Å². The summed E-state index contributed by atoms with van der Waals surface area (Å²) in [4.78, 5) is 11.1. The van der Waals surface area contributed by atoms with Gasteiger partial charge in [-0.1, -0.05) is 12.1 Å². The lowest BCUT2D eigenvalue weighted by Crippen LogP contribution is -2.36. The van der Waals surface area contributed by atoms with E-state index in [9.17, 15) is 12.8 Å². The summed E-state index contributed by atoms with van der Waals surface area (Å²) in [7, 11) is -3.43. The second-order valence-electron chi connectivity index (χ2n) is 7.87. The summed E-state index contributed by atoms with van der Waals surface area (Å²) < 4.78 is 45.9. The van der Waals surface area contributed by atoms with Gasteiger partial charge < -0.3 is 15.0 Å². The number of aromatic nitrogens is 4. The van der Waals surface area contributed by atoms with Gasteiger partial charge in [0, 0.05) is 30.0 Å². The molecule has 0 unspecified atom stereocenters. The van der Waals surface area contributed by atoms with Crippen LogP contribution in [0.3, 0.4) is 0 Å². The van der Waals surface area contributed by atoms with E-state index in [1.54, 1.807) is 42.6 Å². The number of hydrogen-bond donors (Lipinski definition) is 3. The Morgan fingerprint density at radius 1 is 1.09 bits per heavy atom. The molecule has 2 aromatic carbocycles. The lowest BCUT2D eigenvalue weighted by Gasteiger charge is -2.29. The molecule has 176 valence electrons. The second-order valence-corrected chi connectivity index (χ2v) is 9.62. The van der Waals surface area contributed by atoms with Gasteiger partial charge in [0.05, 0.1) is 31.4 Å². The normalized spacial score (nSPS) is 14.4. The number of morpholine rings is 1. The smallest absolute Gasteiger partial charge is 0.229 e. The average Bonchev–Trinajstić information content (AvgIpc) is 3.28. The fourth-order valence-corrected chi connectivity index (χ4v) is 4.33. The monoisotopic (exact) mass is 483 g/mol. The number of aromatic amines is 1. The molecular formula is C22H22FN7O3S. The summed E-state index contributed by atoms with van der Waals surface area (Å²) in [5, 5.41) is 10.1. The summed E-state index contributed by atoms with van der Waals surface area (Å²) >= 11 is 0. The molecule has 1 fully saturated rings. The zero-order valence-electron chi connectivity index (χ0n) is 18.2. The zero-order valence-corrected chi connectivity index (χ0v) is 19.1. The fraction of sp³-hybridized carbons (Fsp3) is 0.227. The molecular weight excluding hydrogens is 461 g/mol. The van der Waals surface area contributed by atoms with E-state index in [2.05, 4.69) is 30.2 Å². The number of nitrogens with one attached hydrogen (secondary N) is 3. The van der Waals surface area contributed by atoms with Crippen molar-refractivity contribution in [3.63, 3.8) is 0 Å². The first-order chi connectivity index (χ1) is 16.4. The highest BCUT2D eigenvalue weighted by Crippen LogP contribution is 2.29. The molecule has 0 saturated carbocycles. The molecule has 0 spiro atoms. The van der Waals surface area contributed by atoms with E-state index in [4.69, 9.17) is 4.74 Å². The lowest BCUT2D eigenvalue weighted by atomic mass is 10.2. The van der Waals surface area contributed by atoms with E-state index in [-0.39, 0.29) is 5.82 Å². The van der Waals surface area contributed by atoms with Crippen molar-refractivity contribution in [2.45, 2.75) is 0 Å². The molecule has 12 heteroatoms. The first-order valence-corrected chi connectivity index (χ1v) is 12.4. The van der Waals surface area contributed by atoms with Crippen LogP contribution in [0.1, 0.15) is 0 Å². The van der Waals surface area contributed by atoms with Gasteiger partial charge in [-0.25, -0.2) is 22.8 Å². The summed E-state index contributed by atoms with van der Waals surface area (Å²) in [5.41, 5.74) is 3.16. The predicted molar refractivity (Wildman–Crippen MR) is 128 cm³/mol. The summed E-state index contributed by atoms with van der Waals surface area (Å²) in [6, 6.07) is 11.7. The molecule has 2 aromatic heterocycles.